The average Bonchev–Trinajstić information content (AvgIpc) is 3.47. The van der Waals surface area contributed by atoms with Crippen LogP contribution in [0, 0.1) is 0 Å². The first-order chi connectivity index (χ1) is 14.6. The van der Waals surface area contributed by atoms with E-state index in [9.17, 15) is 9.59 Å². The largest absolute Gasteiger partial charge is 0.497 e. The Morgan fingerprint density at radius 1 is 1.30 bits per heavy atom. The van der Waals surface area contributed by atoms with Crippen molar-refractivity contribution in [2.75, 3.05) is 25.2 Å². The summed E-state index contributed by atoms with van der Waals surface area (Å²) in [6.07, 6.45) is 2.06. The molecule has 9 heteroatoms. The van der Waals surface area contributed by atoms with Gasteiger partial charge in [-0.2, -0.15) is 4.98 Å². The lowest BCUT2D eigenvalue weighted by molar-refractivity contribution is -0.147. The number of methoxy groups -OCH3 is 1. The van der Waals surface area contributed by atoms with Gasteiger partial charge < -0.3 is 18.9 Å². The Morgan fingerprint density at radius 3 is 3.00 bits per heavy atom. The van der Waals surface area contributed by atoms with Crippen LogP contribution in [-0.2, 0) is 27.2 Å². The van der Waals surface area contributed by atoms with Crippen LogP contribution in [0.3, 0.4) is 0 Å². The lowest BCUT2D eigenvalue weighted by Crippen LogP contribution is -2.38. The highest BCUT2D eigenvalue weighted by Gasteiger charge is 2.24. The predicted octanol–water partition coefficient (Wildman–Crippen LogP) is 3.26. The second-order valence-electron chi connectivity index (χ2n) is 6.79. The molecule has 0 bridgehead atoms. The lowest BCUT2D eigenvalue weighted by Gasteiger charge is -2.29. The number of carbonyl (C=O) groups is 2. The van der Waals surface area contributed by atoms with Gasteiger partial charge in [-0.25, -0.2) is 0 Å². The third-order valence-electron chi connectivity index (χ3n) is 4.82. The average molecular weight is 427 g/mol. The van der Waals surface area contributed by atoms with Crippen molar-refractivity contribution in [2.24, 2.45) is 0 Å². The van der Waals surface area contributed by atoms with Gasteiger partial charge in [0.15, 0.2) is 6.61 Å². The summed E-state index contributed by atoms with van der Waals surface area (Å²) in [6, 6.07) is 9.43. The fourth-order valence-corrected chi connectivity index (χ4v) is 3.97. The number of hydrogen-bond donors (Lipinski definition) is 0. The molecule has 1 aromatic carbocycles. The van der Waals surface area contributed by atoms with Crippen molar-refractivity contribution in [3.63, 3.8) is 0 Å². The van der Waals surface area contributed by atoms with Crippen LogP contribution >= 0.6 is 11.3 Å². The molecule has 3 heterocycles. The minimum absolute atomic E-state index is 0.0626. The molecule has 0 saturated heterocycles. The lowest BCUT2D eigenvalue weighted by atomic mass is 10.0. The van der Waals surface area contributed by atoms with E-state index < -0.39 is 5.97 Å². The number of carbonyl (C=O) groups excluding carboxylic acids is 2. The number of ether oxygens (including phenoxy) is 2. The highest BCUT2D eigenvalue weighted by Crippen LogP contribution is 2.30. The van der Waals surface area contributed by atoms with Crippen LogP contribution in [0.15, 0.2) is 40.2 Å². The maximum absolute atomic E-state index is 12.6. The van der Waals surface area contributed by atoms with E-state index in [0.717, 1.165) is 34.7 Å². The summed E-state index contributed by atoms with van der Waals surface area (Å²) >= 11 is 1.51. The zero-order valence-electron chi connectivity index (χ0n) is 16.5. The predicted molar refractivity (Wildman–Crippen MR) is 111 cm³/mol. The smallest absolute Gasteiger partial charge is 0.306 e. The van der Waals surface area contributed by atoms with Crippen LogP contribution in [0.2, 0.25) is 0 Å². The molecule has 0 aliphatic carbocycles. The number of hydrogen-bond acceptors (Lipinski definition) is 8. The van der Waals surface area contributed by atoms with Gasteiger partial charge in [-0.15, -0.1) is 11.3 Å². The number of amides is 1. The molecule has 2 aromatic heterocycles. The summed E-state index contributed by atoms with van der Waals surface area (Å²) in [5.74, 6) is 0.903. The molecule has 0 spiro atoms. The van der Waals surface area contributed by atoms with Crippen molar-refractivity contribution in [2.45, 2.75) is 25.7 Å². The van der Waals surface area contributed by atoms with Gasteiger partial charge in [0, 0.05) is 18.7 Å². The van der Waals surface area contributed by atoms with Gasteiger partial charge in [0.25, 0.3) is 5.91 Å². The molecular weight excluding hydrogens is 406 g/mol. The first-order valence-corrected chi connectivity index (χ1v) is 10.5. The molecule has 156 valence electrons. The van der Waals surface area contributed by atoms with E-state index in [1.54, 1.807) is 12.0 Å². The zero-order valence-corrected chi connectivity index (χ0v) is 17.3. The molecule has 0 fully saturated rings. The van der Waals surface area contributed by atoms with Crippen LogP contribution < -0.4 is 9.64 Å². The van der Waals surface area contributed by atoms with E-state index in [4.69, 9.17) is 14.0 Å². The Hall–Kier alpha value is -3.20. The SMILES string of the molecule is COc1ccc2c(c1)CCCN2C(=O)COC(=O)CCc1nc(-c2cccs2)no1. The third-order valence-corrected chi connectivity index (χ3v) is 5.68. The van der Waals surface area contributed by atoms with E-state index >= 15 is 0 Å². The number of anilines is 1. The molecule has 8 nitrogen and oxygen atoms in total. The van der Waals surface area contributed by atoms with Crippen molar-refractivity contribution in [1.82, 2.24) is 10.1 Å². The molecule has 30 heavy (non-hydrogen) atoms. The van der Waals surface area contributed by atoms with Crippen molar-refractivity contribution < 1.29 is 23.6 Å². The standard InChI is InChI=1S/C21H21N3O5S/c1-27-15-6-7-16-14(12-15)4-2-10-24(16)19(25)13-28-20(26)9-8-18-22-21(23-29-18)17-5-3-11-30-17/h3,5-7,11-12H,2,4,8-10,13H2,1H3. The van der Waals surface area contributed by atoms with E-state index in [1.165, 1.54) is 11.3 Å². The quantitative estimate of drug-likeness (QED) is 0.534. The van der Waals surface area contributed by atoms with Gasteiger partial charge >= 0.3 is 5.97 Å². The molecule has 0 atom stereocenters. The van der Waals surface area contributed by atoms with Gasteiger partial charge in [0.05, 0.1) is 18.4 Å². The topological polar surface area (TPSA) is 94.8 Å². The normalized spacial score (nSPS) is 13.0. The number of rotatable bonds is 7. The molecule has 0 unspecified atom stereocenters. The van der Waals surface area contributed by atoms with Gasteiger partial charge in [-0.1, -0.05) is 11.2 Å². The second kappa shape index (κ2) is 9.08. The molecule has 0 saturated carbocycles. The summed E-state index contributed by atoms with van der Waals surface area (Å²) in [5.41, 5.74) is 1.90. The Labute approximate surface area is 177 Å². The van der Waals surface area contributed by atoms with Crippen molar-refractivity contribution >= 4 is 28.9 Å². The van der Waals surface area contributed by atoms with E-state index in [0.29, 0.717) is 18.3 Å². The molecule has 0 N–H and O–H groups in total. The van der Waals surface area contributed by atoms with E-state index in [-0.39, 0.29) is 25.4 Å². The molecule has 0 radical (unpaired) electrons. The molecule has 3 aromatic rings. The fraction of sp³-hybridized carbons (Fsp3) is 0.333. The number of aromatic nitrogens is 2. The maximum atomic E-state index is 12.6. The van der Waals surface area contributed by atoms with Crippen LogP contribution in [0.1, 0.15) is 24.3 Å². The number of fused-ring (bicyclic) bond motifs is 1. The number of nitrogens with zero attached hydrogens (tertiary/aromatic N) is 3. The first kappa shape index (κ1) is 20.1. The summed E-state index contributed by atoms with van der Waals surface area (Å²) in [7, 11) is 1.62. The maximum Gasteiger partial charge on any atom is 0.306 e. The van der Waals surface area contributed by atoms with E-state index in [1.807, 2.05) is 35.7 Å². The molecule has 1 aliphatic rings. The Balaban J connectivity index is 1.28. The summed E-state index contributed by atoms with van der Waals surface area (Å²) in [4.78, 5) is 31.5. The number of benzene rings is 1. The molecule has 1 amide bonds. The highest BCUT2D eigenvalue weighted by atomic mass is 32.1. The fourth-order valence-electron chi connectivity index (χ4n) is 3.32. The van der Waals surface area contributed by atoms with E-state index in [2.05, 4.69) is 10.1 Å². The van der Waals surface area contributed by atoms with Gasteiger partial charge in [-0.3, -0.25) is 9.59 Å². The molecular formula is C21H21N3O5S. The van der Waals surface area contributed by atoms with Gasteiger partial charge in [-0.05, 0) is 48.1 Å². The van der Waals surface area contributed by atoms with Crippen LogP contribution in [0.4, 0.5) is 5.69 Å². The summed E-state index contributed by atoms with van der Waals surface area (Å²) in [6.45, 7) is 0.303. The zero-order chi connectivity index (χ0) is 20.9. The molecule has 4 rings (SSSR count). The summed E-state index contributed by atoms with van der Waals surface area (Å²) in [5, 5.41) is 5.84. The minimum atomic E-state index is -0.480. The monoisotopic (exact) mass is 427 g/mol. The van der Waals surface area contributed by atoms with Crippen molar-refractivity contribution in [1.29, 1.82) is 0 Å². The number of esters is 1. The van der Waals surface area contributed by atoms with Crippen molar-refractivity contribution in [3.8, 4) is 16.5 Å². The minimum Gasteiger partial charge on any atom is -0.497 e. The third kappa shape index (κ3) is 4.51. The Kier molecular flexibility index (Phi) is 6.08. The molecule has 1 aliphatic heterocycles. The highest BCUT2D eigenvalue weighted by molar-refractivity contribution is 7.13. The van der Waals surface area contributed by atoms with Crippen LogP contribution in [-0.4, -0.2) is 42.3 Å². The number of thiophene rings is 1. The number of aryl methyl sites for hydroxylation is 2. The van der Waals surface area contributed by atoms with Gasteiger partial charge in [0.1, 0.15) is 5.75 Å². The second-order valence-corrected chi connectivity index (χ2v) is 7.74. The van der Waals surface area contributed by atoms with Crippen molar-refractivity contribution in [3.05, 3.63) is 47.2 Å². The Morgan fingerprint density at radius 2 is 2.20 bits per heavy atom. The van der Waals surface area contributed by atoms with Crippen LogP contribution in [0.5, 0.6) is 5.75 Å². The van der Waals surface area contributed by atoms with Crippen LogP contribution in [0.25, 0.3) is 10.7 Å². The van der Waals surface area contributed by atoms with Gasteiger partial charge in [0.2, 0.25) is 11.7 Å². The first-order valence-electron chi connectivity index (χ1n) is 9.63. The Bertz CT molecular complexity index is 1030. The summed E-state index contributed by atoms with van der Waals surface area (Å²) < 4.78 is 15.6.